The lowest BCUT2D eigenvalue weighted by Gasteiger charge is -2.33. The molecule has 25 heavy (non-hydrogen) atoms. The third-order valence-electron chi connectivity index (χ3n) is 4.80. The smallest absolute Gasteiger partial charge is 0.332 e. The molecule has 1 fully saturated rings. The van der Waals surface area contributed by atoms with Crippen LogP contribution in [0.3, 0.4) is 0 Å². The van der Waals surface area contributed by atoms with Crippen LogP contribution in [0.5, 0.6) is 0 Å². The summed E-state index contributed by atoms with van der Waals surface area (Å²) in [6, 6.07) is 1.96. The first-order valence-electron chi connectivity index (χ1n) is 8.90. The van der Waals surface area contributed by atoms with E-state index in [2.05, 4.69) is 6.92 Å². The Morgan fingerprint density at radius 3 is 2.72 bits per heavy atom. The SMILES string of the molecule is CC(C)Cn1c(=O)c2sccc2n(CC(=O)N2CCCCC2C)c1=O. The van der Waals surface area contributed by atoms with E-state index in [1.165, 1.54) is 20.5 Å². The van der Waals surface area contributed by atoms with Gasteiger partial charge in [0.2, 0.25) is 5.91 Å². The van der Waals surface area contributed by atoms with E-state index in [0.29, 0.717) is 16.8 Å². The van der Waals surface area contributed by atoms with Crippen LogP contribution < -0.4 is 11.2 Å². The van der Waals surface area contributed by atoms with Gasteiger partial charge in [0.25, 0.3) is 5.56 Å². The van der Waals surface area contributed by atoms with Gasteiger partial charge in [-0.1, -0.05) is 13.8 Å². The third-order valence-corrected chi connectivity index (χ3v) is 5.69. The van der Waals surface area contributed by atoms with Gasteiger partial charge in [0.1, 0.15) is 11.2 Å². The van der Waals surface area contributed by atoms with Gasteiger partial charge in [-0.15, -0.1) is 11.3 Å². The molecule has 1 amide bonds. The molecular weight excluding hydrogens is 338 g/mol. The molecule has 2 aromatic rings. The quantitative estimate of drug-likeness (QED) is 0.837. The zero-order valence-electron chi connectivity index (χ0n) is 15.0. The van der Waals surface area contributed by atoms with E-state index < -0.39 is 0 Å². The summed E-state index contributed by atoms with van der Waals surface area (Å²) in [6.07, 6.45) is 3.14. The molecule has 1 atom stereocenters. The van der Waals surface area contributed by atoms with Crippen molar-refractivity contribution < 1.29 is 4.79 Å². The van der Waals surface area contributed by atoms with Crippen molar-refractivity contribution in [3.63, 3.8) is 0 Å². The summed E-state index contributed by atoms with van der Waals surface area (Å²) >= 11 is 1.32. The highest BCUT2D eigenvalue weighted by Gasteiger charge is 2.25. The second-order valence-corrected chi connectivity index (χ2v) is 8.16. The maximum atomic E-state index is 12.9. The van der Waals surface area contributed by atoms with Gasteiger partial charge in [0.05, 0.1) is 5.52 Å². The van der Waals surface area contributed by atoms with Crippen LogP contribution in [0.1, 0.15) is 40.0 Å². The van der Waals surface area contributed by atoms with Crippen molar-refractivity contribution >= 4 is 27.5 Å². The van der Waals surface area contributed by atoms with Gasteiger partial charge in [0.15, 0.2) is 0 Å². The highest BCUT2D eigenvalue weighted by molar-refractivity contribution is 7.17. The molecule has 0 saturated carbocycles. The Bertz CT molecular complexity index is 893. The van der Waals surface area contributed by atoms with Crippen molar-refractivity contribution in [1.82, 2.24) is 14.0 Å². The van der Waals surface area contributed by atoms with Crippen molar-refractivity contribution in [2.75, 3.05) is 6.54 Å². The number of carbonyl (C=O) groups is 1. The van der Waals surface area contributed by atoms with Crippen LogP contribution in [0.4, 0.5) is 0 Å². The predicted molar refractivity (Wildman–Crippen MR) is 100 cm³/mol. The summed E-state index contributed by atoms with van der Waals surface area (Å²) < 4.78 is 3.29. The molecule has 3 heterocycles. The largest absolute Gasteiger partial charge is 0.338 e. The number of rotatable bonds is 4. The molecule has 136 valence electrons. The number of hydrogen-bond donors (Lipinski definition) is 0. The van der Waals surface area contributed by atoms with Gasteiger partial charge in [-0.2, -0.15) is 0 Å². The Kier molecular flexibility index (Phi) is 5.13. The summed E-state index contributed by atoms with van der Waals surface area (Å²) in [7, 11) is 0. The summed E-state index contributed by atoms with van der Waals surface area (Å²) in [5.41, 5.74) is -0.0700. The average Bonchev–Trinajstić information content (AvgIpc) is 3.05. The van der Waals surface area contributed by atoms with Crippen LogP contribution in [0.15, 0.2) is 21.0 Å². The molecular formula is C18H25N3O3S. The highest BCUT2D eigenvalue weighted by atomic mass is 32.1. The number of nitrogens with zero attached hydrogens (tertiary/aromatic N) is 3. The second kappa shape index (κ2) is 7.15. The first kappa shape index (κ1) is 17.9. The molecule has 1 aliphatic rings. The van der Waals surface area contributed by atoms with Gasteiger partial charge in [-0.3, -0.25) is 18.7 Å². The zero-order chi connectivity index (χ0) is 18.1. The van der Waals surface area contributed by atoms with Crippen LogP contribution in [0, 0.1) is 5.92 Å². The minimum absolute atomic E-state index is 0.00518. The van der Waals surface area contributed by atoms with Crippen molar-refractivity contribution in [1.29, 1.82) is 0 Å². The molecule has 1 saturated heterocycles. The van der Waals surface area contributed by atoms with E-state index in [0.717, 1.165) is 25.8 Å². The molecule has 0 N–H and O–H groups in total. The Labute approximate surface area is 150 Å². The average molecular weight is 363 g/mol. The van der Waals surface area contributed by atoms with Crippen molar-refractivity contribution in [2.45, 2.75) is 59.2 Å². The third kappa shape index (κ3) is 3.42. The normalized spacial score (nSPS) is 18.2. The highest BCUT2D eigenvalue weighted by Crippen LogP contribution is 2.19. The maximum absolute atomic E-state index is 12.9. The topological polar surface area (TPSA) is 64.3 Å². The Hall–Kier alpha value is -1.89. The first-order valence-corrected chi connectivity index (χ1v) is 9.78. The molecule has 1 aliphatic heterocycles. The standard InChI is InChI=1S/C18H25N3O3S/c1-12(2)10-21-17(23)16-14(7-9-25-16)20(18(21)24)11-15(22)19-8-5-4-6-13(19)3/h7,9,12-13H,4-6,8,10-11H2,1-3H3. The fourth-order valence-corrected chi connectivity index (χ4v) is 4.35. The molecule has 2 aromatic heterocycles. The predicted octanol–water partition coefficient (Wildman–Crippen LogP) is 2.28. The summed E-state index contributed by atoms with van der Waals surface area (Å²) in [4.78, 5) is 40.2. The number of aromatic nitrogens is 2. The lowest BCUT2D eigenvalue weighted by molar-refractivity contribution is -0.135. The van der Waals surface area contributed by atoms with E-state index in [-0.39, 0.29) is 35.7 Å². The molecule has 0 aromatic carbocycles. The number of piperidine rings is 1. The Balaban J connectivity index is 2.03. The molecule has 3 rings (SSSR count). The van der Waals surface area contributed by atoms with E-state index in [9.17, 15) is 14.4 Å². The summed E-state index contributed by atoms with van der Waals surface area (Å²) in [6.45, 7) is 7.09. The van der Waals surface area contributed by atoms with Gasteiger partial charge in [0, 0.05) is 19.1 Å². The first-order chi connectivity index (χ1) is 11.9. The molecule has 7 heteroatoms. The molecule has 0 bridgehead atoms. The van der Waals surface area contributed by atoms with E-state index in [1.54, 1.807) is 11.4 Å². The van der Waals surface area contributed by atoms with E-state index in [4.69, 9.17) is 0 Å². The number of fused-ring (bicyclic) bond motifs is 1. The Morgan fingerprint density at radius 2 is 2.04 bits per heavy atom. The zero-order valence-corrected chi connectivity index (χ0v) is 15.8. The summed E-state index contributed by atoms with van der Waals surface area (Å²) in [5.74, 6) is 0.130. The minimum Gasteiger partial charge on any atom is -0.338 e. The number of likely N-dealkylation sites (tertiary alicyclic amines) is 1. The molecule has 6 nitrogen and oxygen atoms in total. The lowest BCUT2D eigenvalue weighted by atomic mass is 10.0. The number of thiophene rings is 1. The van der Waals surface area contributed by atoms with Crippen LogP contribution >= 0.6 is 11.3 Å². The van der Waals surface area contributed by atoms with Crippen molar-refractivity contribution in [2.24, 2.45) is 5.92 Å². The van der Waals surface area contributed by atoms with Crippen molar-refractivity contribution in [3.05, 3.63) is 32.3 Å². The monoisotopic (exact) mass is 363 g/mol. The van der Waals surface area contributed by atoms with Crippen LogP contribution in [0.2, 0.25) is 0 Å². The second-order valence-electron chi connectivity index (χ2n) is 7.25. The van der Waals surface area contributed by atoms with Gasteiger partial charge in [-0.05, 0) is 43.6 Å². The maximum Gasteiger partial charge on any atom is 0.332 e. The fraction of sp³-hybridized carbons (Fsp3) is 0.611. The van der Waals surface area contributed by atoms with Crippen LogP contribution in [-0.4, -0.2) is 32.5 Å². The van der Waals surface area contributed by atoms with E-state index in [1.807, 2.05) is 18.7 Å². The molecule has 0 aliphatic carbocycles. The van der Waals surface area contributed by atoms with Crippen LogP contribution in [-0.2, 0) is 17.9 Å². The number of hydrogen-bond acceptors (Lipinski definition) is 4. The summed E-state index contributed by atoms with van der Waals surface area (Å²) in [5, 5.41) is 1.80. The van der Waals surface area contributed by atoms with Crippen LogP contribution in [0.25, 0.3) is 10.2 Å². The fourth-order valence-electron chi connectivity index (χ4n) is 3.51. The minimum atomic E-state index is -0.386. The number of carbonyl (C=O) groups excluding carboxylic acids is 1. The Morgan fingerprint density at radius 1 is 1.28 bits per heavy atom. The van der Waals surface area contributed by atoms with E-state index >= 15 is 0 Å². The molecule has 0 radical (unpaired) electrons. The van der Waals surface area contributed by atoms with Gasteiger partial charge >= 0.3 is 5.69 Å². The molecule has 0 spiro atoms. The van der Waals surface area contributed by atoms with Crippen molar-refractivity contribution in [3.8, 4) is 0 Å². The lowest BCUT2D eigenvalue weighted by Crippen LogP contribution is -2.47. The molecule has 1 unspecified atom stereocenters. The number of amides is 1. The van der Waals surface area contributed by atoms with Gasteiger partial charge in [-0.25, -0.2) is 4.79 Å². The van der Waals surface area contributed by atoms with Gasteiger partial charge < -0.3 is 4.90 Å².